The normalized spacial score (nSPS) is 10.7. The van der Waals surface area contributed by atoms with Crippen LogP contribution in [0, 0.1) is 0 Å². The van der Waals surface area contributed by atoms with Gasteiger partial charge < -0.3 is 10.1 Å². The number of nitrogens with zero attached hydrogens (tertiary/aromatic N) is 2. The summed E-state index contributed by atoms with van der Waals surface area (Å²) >= 11 is 0. The molecule has 23 heavy (non-hydrogen) atoms. The van der Waals surface area contributed by atoms with Gasteiger partial charge in [-0.2, -0.15) is 0 Å². The van der Waals surface area contributed by atoms with Crippen LogP contribution in [-0.2, 0) is 6.42 Å². The lowest BCUT2D eigenvalue weighted by atomic mass is 10.1. The number of ether oxygens (including phenoxy) is 1. The van der Waals surface area contributed by atoms with Crippen LogP contribution in [0.1, 0.15) is 18.9 Å². The molecule has 1 N–H and O–H groups in total. The highest BCUT2D eigenvalue weighted by atomic mass is 16.5. The van der Waals surface area contributed by atoms with Crippen molar-refractivity contribution >= 4 is 16.7 Å². The van der Waals surface area contributed by atoms with E-state index in [9.17, 15) is 0 Å². The number of fused-ring (bicyclic) bond motifs is 1. The Morgan fingerprint density at radius 3 is 2.74 bits per heavy atom. The number of benzene rings is 2. The first-order valence-corrected chi connectivity index (χ1v) is 8.03. The van der Waals surface area contributed by atoms with Crippen LogP contribution >= 0.6 is 0 Å². The Bertz CT molecular complexity index is 768. The summed E-state index contributed by atoms with van der Waals surface area (Å²) in [5.41, 5.74) is 2.21. The fourth-order valence-electron chi connectivity index (χ4n) is 2.60. The van der Waals surface area contributed by atoms with E-state index < -0.39 is 0 Å². The number of aromatic nitrogens is 2. The van der Waals surface area contributed by atoms with Crippen LogP contribution in [0.2, 0.25) is 0 Å². The molecule has 0 aliphatic rings. The number of rotatable bonds is 7. The third-order valence-electron chi connectivity index (χ3n) is 3.69. The highest BCUT2D eigenvalue weighted by molar-refractivity contribution is 5.88. The minimum Gasteiger partial charge on any atom is -0.491 e. The van der Waals surface area contributed by atoms with Gasteiger partial charge in [0.05, 0.1) is 12.1 Å². The Balaban J connectivity index is 1.59. The second kappa shape index (κ2) is 7.58. The highest BCUT2D eigenvalue weighted by Gasteiger charge is 2.04. The summed E-state index contributed by atoms with van der Waals surface area (Å²) in [5, 5.41) is 4.36. The fourth-order valence-corrected chi connectivity index (χ4v) is 2.60. The van der Waals surface area contributed by atoms with Crippen molar-refractivity contribution in [1.29, 1.82) is 0 Å². The topological polar surface area (TPSA) is 47.0 Å². The van der Waals surface area contributed by atoms with Crippen molar-refractivity contribution in [2.24, 2.45) is 0 Å². The molecule has 0 atom stereocenters. The average molecular weight is 307 g/mol. The van der Waals surface area contributed by atoms with Gasteiger partial charge in [-0.25, -0.2) is 9.97 Å². The lowest BCUT2D eigenvalue weighted by molar-refractivity contribution is 0.329. The zero-order chi connectivity index (χ0) is 15.9. The third-order valence-corrected chi connectivity index (χ3v) is 3.69. The lowest BCUT2D eigenvalue weighted by Gasteiger charge is -2.12. The number of hydrogen-bond donors (Lipinski definition) is 1. The van der Waals surface area contributed by atoms with Gasteiger partial charge in [0.15, 0.2) is 0 Å². The molecule has 0 saturated carbocycles. The fraction of sp³-hybridized carbons (Fsp3) is 0.263. The number of para-hydroxylation sites is 2. The molecular weight excluding hydrogens is 286 g/mol. The van der Waals surface area contributed by atoms with Crippen molar-refractivity contribution in [3.63, 3.8) is 0 Å². The Kier molecular flexibility index (Phi) is 5.04. The first-order valence-electron chi connectivity index (χ1n) is 8.03. The van der Waals surface area contributed by atoms with E-state index in [0.717, 1.165) is 35.3 Å². The summed E-state index contributed by atoms with van der Waals surface area (Å²) in [5.74, 6) is 1.82. The maximum Gasteiger partial charge on any atom is 0.137 e. The van der Waals surface area contributed by atoms with Gasteiger partial charge in [-0.15, -0.1) is 0 Å². The standard InChI is InChI=1S/C19H21N3O/c1-2-7-15-8-3-6-11-18(15)23-13-12-20-19-16-9-4-5-10-17(16)21-14-22-19/h3-6,8-11,14H,2,7,12-13H2,1H3,(H,20,21,22). The van der Waals surface area contributed by atoms with E-state index in [0.29, 0.717) is 13.2 Å². The van der Waals surface area contributed by atoms with Crippen LogP contribution in [0.25, 0.3) is 10.9 Å². The van der Waals surface area contributed by atoms with Crippen LogP contribution < -0.4 is 10.1 Å². The lowest BCUT2D eigenvalue weighted by Crippen LogP contribution is -2.13. The van der Waals surface area contributed by atoms with Crippen LogP contribution in [0.3, 0.4) is 0 Å². The van der Waals surface area contributed by atoms with Gasteiger partial charge in [0.2, 0.25) is 0 Å². The second-order valence-corrected chi connectivity index (χ2v) is 5.37. The van der Waals surface area contributed by atoms with E-state index in [1.807, 2.05) is 36.4 Å². The van der Waals surface area contributed by atoms with Crippen LogP contribution in [0.4, 0.5) is 5.82 Å². The largest absolute Gasteiger partial charge is 0.491 e. The van der Waals surface area contributed by atoms with Crippen LogP contribution in [0.5, 0.6) is 5.75 Å². The molecule has 3 aromatic rings. The first-order chi connectivity index (χ1) is 11.4. The van der Waals surface area contributed by atoms with E-state index >= 15 is 0 Å². The maximum atomic E-state index is 5.92. The van der Waals surface area contributed by atoms with Crippen molar-refractivity contribution < 1.29 is 4.74 Å². The summed E-state index contributed by atoms with van der Waals surface area (Å²) in [7, 11) is 0. The zero-order valence-corrected chi connectivity index (χ0v) is 13.3. The molecule has 118 valence electrons. The molecule has 0 aliphatic carbocycles. The number of anilines is 1. The van der Waals surface area contributed by atoms with Gasteiger partial charge in [-0.3, -0.25) is 0 Å². The minimum absolute atomic E-state index is 0.596. The maximum absolute atomic E-state index is 5.92. The Morgan fingerprint density at radius 2 is 1.83 bits per heavy atom. The molecule has 4 heteroatoms. The van der Waals surface area contributed by atoms with E-state index in [1.54, 1.807) is 6.33 Å². The molecule has 1 heterocycles. The molecule has 4 nitrogen and oxygen atoms in total. The van der Waals surface area contributed by atoms with E-state index in [1.165, 1.54) is 5.56 Å². The van der Waals surface area contributed by atoms with Gasteiger partial charge in [0.25, 0.3) is 0 Å². The summed E-state index contributed by atoms with van der Waals surface area (Å²) < 4.78 is 5.92. The number of hydrogen-bond acceptors (Lipinski definition) is 4. The van der Waals surface area contributed by atoms with Crippen molar-refractivity contribution in [1.82, 2.24) is 9.97 Å². The smallest absolute Gasteiger partial charge is 0.137 e. The molecule has 0 fully saturated rings. The molecule has 3 rings (SSSR count). The average Bonchev–Trinajstić information content (AvgIpc) is 2.60. The summed E-state index contributed by atoms with van der Waals surface area (Å²) in [4.78, 5) is 8.59. The molecule has 1 aromatic heterocycles. The predicted molar refractivity (Wildman–Crippen MR) is 94.0 cm³/mol. The highest BCUT2D eigenvalue weighted by Crippen LogP contribution is 2.20. The van der Waals surface area contributed by atoms with Crippen molar-refractivity contribution in [2.75, 3.05) is 18.5 Å². The molecular formula is C19H21N3O. The van der Waals surface area contributed by atoms with Crippen LogP contribution in [-0.4, -0.2) is 23.1 Å². The van der Waals surface area contributed by atoms with Gasteiger partial charge in [-0.1, -0.05) is 43.7 Å². The van der Waals surface area contributed by atoms with E-state index in [2.05, 4.69) is 34.3 Å². The summed E-state index contributed by atoms with van der Waals surface area (Å²) in [6.45, 7) is 3.47. The molecule has 0 bridgehead atoms. The van der Waals surface area contributed by atoms with Gasteiger partial charge in [0, 0.05) is 5.39 Å². The quantitative estimate of drug-likeness (QED) is 0.668. The van der Waals surface area contributed by atoms with E-state index in [-0.39, 0.29) is 0 Å². The predicted octanol–water partition coefficient (Wildman–Crippen LogP) is 4.07. The molecule has 0 spiro atoms. The summed E-state index contributed by atoms with van der Waals surface area (Å²) in [6, 6.07) is 16.2. The number of nitrogens with one attached hydrogen (secondary N) is 1. The first kappa shape index (κ1) is 15.3. The monoisotopic (exact) mass is 307 g/mol. The third kappa shape index (κ3) is 3.77. The Hall–Kier alpha value is -2.62. The van der Waals surface area contributed by atoms with Crippen molar-refractivity contribution in [3.05, 3.63) is 60.4 Å². The SMILES string of the molecule is CCCc1ccccc1OCCNc1ncnc2ccccc12. The molecule has 0 aliphatic heterocycles. The molecule has 0 radical (unpaired) electrons. The van der Waals surface area contributed by atoms with Crippen molar-refractivity contribution in [3.8, 4) is 5.75 Å². The van der Waals surface area contributed by atoms with Crippen LogP contribution in [0.15, 0.2) is 54.9 Å². The van der Waals surface area contributed by atoms with Gasteiger partial charge in [-0.05, 0) is 30.2 Å². The molecule has 2 aromatic carbocycles. The van der Waals surface area contributed by atoms with E-state index in [4.69, 9.17) is 4.74 Å². The minimum atomic E-state index is 0.596. The summed E-state index contributed by atoms with van der Waals surface area (Å²) in [6.07, 6.45) is 3.74. The molecule has 0 unspecified atom stereocenters. The zero-order valence-electron chi connectivity index (χ0n) is 13.3. The Morgan fingerprint density at radius 1 is 1.00 bits per heavy atom. The Labute approximate surface area is 136 Å². The van der Waals surface area contributed by atoms with Gasteiger partial charge in [0.1, 0.15) is 24.5 Å². The molecule has 0 amide bonds. The van der Waals surface area contributed by atoms with Crippen molar-refractivity contribution in [2.45, 2.75) is 19.8 Å². The molecule has 0 saturated heterocycles. The second-order valence-electron chi connectivity index (χ2n) is 5.37. The number of aryl methyl sites for hydroxylation is 1. The van der Waals surface area contributed by atoms with Gasteiger partial charge >= 0.3 is 0 Å².